The van der Waals surface area contributed by atoms with Gasteiger partial charge in [0.2, 0.25) is 0 Å². The zero-order valence-corrected chi connectivity index (χ0v) is 16.7. The predicted molar refractivity (Wildman–Crippen MR) is 104 cm³/mol. The number of rotatable bonds is 7. The van der Waals surface area contributed by atoms with Crippen molar-refractivity contribution < 1.29 is 0 Å². The van der Waals surface area contributed by atoms with Gasteiger partial charge < -0.3 is 10.2 Å². The second kappa shape index (κ2) is 7.38. The molecular formula is C20H35N5. The Morgan fingerprint density at radius 3 is 2.68 bits per heavy atom. The molecule has 5 heteroatoms. The number of hydrogen-bond donors (Lipinski definition) is 1. The van der Waals surface area contributed by atoms with Gasteiger partial charge in [0, 0.05) is 45.5 Å². The lowest BCUT2D eigenvalue weighted by atomic mass is 9.65. The van der Waals surface area contributed by atoms with Crippen LogP contribution in [0.4, 0.5) is 0 Å². The molecule has 0 aromatic carbocycles. The SMILES string of the molecule is CCNC(=NCC1(C2CC2)CCC1)N(C)Cc1cn(C)nc1C(C)C. The van der Waals surface area contributed by atoms with Crippen LogP contribution in [0.2, 0.25) is 0 Å². The van der Waals surface area contributed by atoms with Crippen LogP contribution >= 0.6 is 0 Å². The summed E-state index contributed by atoms with van der Waals surface area (Å²) in [6, 6.07) is 0. The Labute approximate surface area is 152 Å². The number of aromatic nitrogens is 2. The fourth-order valence-corrected chi connectivity index (χ4v) is 4.22. The van der Waals surface area contributed by atoms with Crippen molar-refractivity contribution in [2.75, 3.05) is 20.1 Å². The molecule has 0 bridgehead atoms. The number of guanidine groups is 1. The van der Waals surface area contributed by atoms with Gasteiger partial charge in [0.05, 0.1) is 5.69 Å². The van der Waals surface area contributed by atoms with E-state index in [2.05, 4.69) is 49.3 Å². The summed E-state index contributed by atoms with van der Waals surface area (Å²) in [6.07, 6.45) is 9.15. The number of hydrogen-bond acceptors (Lipinski definition) is 2. The quantitative estimate of drug-likeness (QED) is 0.607. The van der Waals surface area contributed by atoms with E-state index in [4.69, 9.17) is 4.99 Å². The highest BCUT2D eigenvalue weighted by atomic mass is 15.3. The first-order valence-corrected chi connectivity index (χ1v) is 9.97. The smallest absolute Gasteiger partial charge is 0.193 e. The molecule has 0 atom stereocenters. The van der Waals surface area contributed by atoms with Gasteiger partial charge in [0.15, 0.2) is 5.96 Å². The van der Waals surface area contributed by atoms with Crippen LogP contribution in [0.15, 0.2) is 11.2 Å². The largest absolute Gasteiger partial charge is 0.357 e. The topological polar surface area (TPSA) is 45.5 Å². The van der Waals surface area contributed by atoms with E-state index in [-0.39, 0.29) is 0 Å². The molecule has 0 unspecified atom stereocenters. The van der Waals surface area contributed by atoms with Crippen molar-refractivity contribution in [1.82, 2.24) is 20.0 Å². The fourth-order valence-electron chi connectivity index (χ4n) is 4.22. The molecule has 2 saturated carbocycles. The molecule has 0 saturated heterocycles. The first-order valence-electron chi connectivity index (χ1n) is 9.97. The van der Waals surface area contributed by atoms with Crippen molar-refractivity contribution in [2.45, 2.75) is 65.3 Å². The highest BCUT2D eigenvalue weighted by Crippen LogP contribution is 2.57. The van der Waals surface area contributed by atoms with Gasteiger partial charge in [0.25, 0.3) is 0 Å². The Morgan fingerprint density at radius 1 is 1.44 bits per heavy atom. The molecule has 0 radical (unpaired) electrons. The maximum Gasteiger partial charge on any atom is 0.193 e. The minimum absolute atomic E-state index is 0.442. The van der Waals surface area contributed by atoms with Gasteiger partial charge in [-0.15, -0.1) is 0 Å². The fraction of sp³-hybridized carbons (Fsp3) is 0.800. The summed E-state index contributed by atoms with van der Waals surface area (Å²) in [5.41, 5.74) is 3.02. The van der Waals surface area contributed by atoms with Gasteiger partial charge in [-0.3, -0.25) is 9.67 Å². The predicted octanol–water partition coefficient (Wildman–Crippen LogP) is 3.52. The molecule has 140 valence electrons. The summed E-state index contributed by atoms with van der Waals surface area (Å²) < 4.78 is 1.93. The number of nitrogens with one attached hydrogen (secondary N) is 1. The van der Waals surface area contributed by atoms with Gasteiger partial charge in [0.1, 0.15) is 0 Å². The second-order valence-corrected chi connectivity index (χ2v) is 8.38. The molecule has 0 amide bonds. The van der Waals surface area contributed by atoms with Crippen LogP contribution in [-0.2, 0) is 13.6 Å². The first kappa shape index (κ1) is 18.3. The molecule has 1 heterocycles. The summed E-state index contributed by atoms with van der Waals surface area (Å²) >= 11 is 0. The zero-order chi connectivity index (χ0) is 18.0. The standard InChI is InChI=1S/C20H35N5/c1-6-21-19(22-14-20(10-7-11-20)17-8-9-17)24(4)12-16-13-25(5)23-18(16)15(2)3/h13,15,17H,6-12,14H2,1-5H3,(H,21,22). The van der Waals surface area contributed by atoms with E-state index in [0.29, 0.717) is 11.3 Å². The van der Waals surface area contributed by atoms with Crippen LogP contribution in [0.25, 0.3) is 0 Å². The van der Waals surface area contributed by atoms with E-state index in [1.165, 1.54) is 43.4 Å². The van der Waals surface area contributed by atoms with E-state index in [9.17, 15) is 0 Å². The van der Waals surface area contributed by atoms with E-state index in [1.54, 1.807) is 0 Å². The zero-order valence-electron chi connectivity index (χ0n) is 16.7. The maximum absolute atomic E-state index is 5.05. The number of aliphatic imine (C=N–C) groups is 1. The maximum atomic E-state index is 5.05. The summed E-state index contributed by atoms with van der Waals surface area (Å²) in [6.45, 7) is 9.32. The van der Waals surface area contributed by atoms with E-state index < -0.39 is 0 Å². The molecule has 2 aliphatic rings. The van der Waals surface area contributed by atoms with Crippen LogP contribution in [0.5, 0.6) is 0 Å². The van der Waals surface area contributed by atoms with E-state index in [0.717, 1.165) is 31.5 Å². The molecule has 1 N–H and O–H groups in total. The average Bonchev–Trinajstić information content (AvgIpc) is 3.28. The van der Waals surface area contributed by atoms with Crippen LogP contribution in [0.3, 0.4) is 0 Å². The first-order chi connectivity index (χ1) is 11.9. The van der Waals surface area contributed by atoms with Gasteiger partial charge >= 0.3 is 0 Å². The third-order valence-electron chi connectivity index (χ3n) is 5.92. The average molecular weight is 346 g/mol. The van der Waals surface area contributed by atoms with Gasteiger partial charge in [-0.25, -0.2) is 0 Å². The Morgan fingerprint density at radius 2 is 2.16 bits per heavy atom. The van der Waals surface area contributed by atoms with E-state index >= 15 is 0 Å². The molecule has 2 aliphatic carbocycles. The number of nitrogens with zero attached hydrogens (tertiary/aromatic N) is 4. The molecule has 5 nitrogen and oxygen atoms in total. The lowest BCUT2D eigenvalue weighted by molar-refractivity contribution is 0.112. The molecule has 25 heavy (non-hydrogen) atoms. The summed E-state index contributed by atoms with van der Waals surface area (Å²) in [4.78, 5) is 7.31. The van der Waals surface area contributed by atoms with Crippen LogP contribution in [0, 0.1) is 11.3 Å². The van der Waals surface area contributed by atoms with Crippen LogP contribution in [-0.4, -0.2) is 40.8 Å². The van der Waals surface area contributed by atoms with Crippen molar-refractivity contribution in [3.05, 3.63) is 17.5 Å². The molecular weight excluding hydrogens is 310 g/mol. The normalized spacial score (nSPS) is 19.8. The van der Waals surface area contributed by atoms with Crippen molar-refractivity contribution in [2.24, 2.45) is 23.4 Å². The molecule has 1 aromatic heterocycles. The van der Waals surface area contributed by atoms with Crippen molar-refractivity contribution in [3.8, 4) is 0 Å². The van der Waals surface area contributed by atoms with Crippen LogP contribution < -0.4 is 5.32 Å². The van der Waals surface area contributed by atoms with Crippen molar-refractivity contribution >= 4 is 5.96 Å². The lowest BCUT2D eigenvalue weighted by Crippen LogP contribution is -2.41. The summed E-state index contributed by atoms with van der Waals surface area (Å²) in [7, 11) is 4.15. The summed E-state index contributed by atoms with van der Waals surface area (Å²) in [5, 5.41) is 8.12. The number of aryl methyl sites for hydroxylation is 1. The molecule has 1 aromatic rings. The molecule has 3 rings (SSSR count). The minimum Gasteiger partial charge on any atom is -0.357 e. The molecule has 2 fully saturated rings. The monoisotopic (exact) mass is 345 g/mol. The van der Waals surface area contributed by atoms with Crippen LogP contribution in [0.1, 0.15) is 70.1 Å². The Bertz CT molecular complexity index is 608. The lowest BCUT2D eigenvalue weighted by Gasteiger charge is -2.41. The van der Waals surface area contributed by atoms with Crippen molar-refractivity contribution in [3.63, 3.8) is 0 Å². The Balaban J connectivity index is 1.70. The van der Waals surface area contributed by atoms with Crippen molar-refractivity contribution in [1.29, 1.82) is 0 Å². The summed E-state index contributed by atoms with van der Waals surface area (Å²) in [5.74, 6) is 2.43. The Hall–Kier alpha value is -1.52. The van der Waals surface area contributed by atoms with Gasteiger partial charge in [-0.1, -0.05) is 20.3 Å². The van der Waals surface area contributed by atoms with E-state index in [1.807, 2.05) is 11.7 Å². The third kappa shape index (κ3) is 4.01. The molecule has 0 spiro atoms. The Kier molecular flexibility index (Phi) is 5.40. The van der Waals surface area contributed by atoms with Gasteiger partial charge in [-0.05, 0) is 49.9 Å². The van der Waals surface area contributed by atoms with Gasteiger partial charge in [-0.2, -0.15) is 5.10 Å². The highest BCUT2D eigenvalue weighted by molar-refractivity contribution is 5.79. The second-order valence-electron chi connectivity index (χ2n) is 8.38. The minimum atomic E-state index is 0.442. The third-order valence-corrected chi connectivity index (χ3v) is 5.92. The highest BCUT2D eigenvalue weighted by Gasteiger charge is 2.48. The molecule has 0 aliphatic heterocycles.